The van der Waals surface area contributed by atoms with Crippen molar-refractivity contribution in [2.45, 2.75) is 32.6 Å². The number of hydrogen-bond acceptors (Lipinski definition) is 6. The third kappa shape index (κ3) is 3.54. The minimum absolute atomic E-state index is 0.0593. The number of carbonyl (C=O) groups excluding carboxylic acids is 1. The molecule has 1 saturated heterocycles. The Morgan fingerprint density at radius 1 is 1.25 bits per heavy atom. The van der Waals surface area contributed by atoms with E-state index in [4.69, 9.17) is 16.6 Å². The van der Waals surface area contributed by atoms with E-state index in [9.17, 15) is 4.79 Å². The molecule has 0 unspecified atom stereocenters. The molecule has 9 heteroatoms. The number of nitrogens with zero attached hydrogens (tertiary/aromatic N) is 6. The first kappa shape index (κ1) is 19.0. The van der Waals surface area contributed by atoms with Gasteiger partial charge in [-0.15, -0.1) is 11.3 Å². The van der Waals surface area contributed by atoms with Crippen LogP contribution >= 0.6 is 22.9 Å². The summed E-state index contributed by atoms with van der Waals surface area (Å²) in [4.78, 5) is 29.2. The van der Waals surface area contributed by atoms with Gasteiger partial charge in [-0.05, 0) is 32.8 Å². The second kappa shape index (κ2) is 7.60. The molecule has 0 aromatic carbocycles. The maximum atomic E-state index is 12.8. The average molecular weight is 417 g/mol. The van der Waals surface area contributed by atoms with E-state index in [1.54, 1.807) is 24.6 Å². The lowest BCUT2D eigenvalue weighted by Gasteiger charge is -2.31. The Bertz CT molecular complexity index is 1000. The molecule has 4 rings (SSSR count). The summed E-state index contributed by atoms with van der Waals surface area (Å²) in [5.41, 5.74) is 2.37. The summed E-state index contributed by atoms with van der Waals surface area (Å²) < 4.78 is 1.54. The van der Waals surface area contributed by atoms with E-state index in [2.05, 4.69) is 15.1 Å². The van der Waals surface area contributed by atoms with Crippen molar-refractivity contribution < 1.29 is 4.79 Å². The van der Waals surface area contributed by atoms with Crippen molar-refractivity contribution in [3.8, 4) is 10.6 Å². The van der Waals surface area contributed by atoms with E-state index in [0.717, 1.165) is 39.9 Å². The Morgan fingerprint density at radius 2 is 2.00 bits per heavy atom. The van der Waals surface area contributed by atoms with Crippen LogP contribution in [0.1, 0.15) is 45.8 Å². The summed E-state index contributed by atoms with van der Waals surface area (Å²) in [6.45, 7) is 5.29. The molecule has 1 aliphatic rings. The lowest BCUT2D eigenvalue weighted by atomic mass is 9.97. The highest BCUT2D eigenvalue weighted by atomic mass is 35.5. The summed E-state index contributed by atoms with van der Waals surface area (Å²) in [6.07, 6.45) is 5.06. The zero-order valence-electron chi connectivity index (χ0n) is 16.0. The number of aromatic nitrogens is 5. The molecule has 0 radical (unpaired) electrons. The van der Waals surface area contributed by atoms with Crippen molar-refractivity contribution in [1.82, 2.24) is 29.6 Å². The summed E-state index contributed by atoms with van der Waals surface area (Å²) in [5.74, 6) is 1.05. The predicted molar refractivity (Wildman–Crippen MR) is 109 cm³/mol. The number of aryl methyl sites for hydroxylation is 3. The van der Waals surface area contributed by atoms with Gasteiger partial charge in [0.2, 0.25) is 0 Å². The van der Waals surface area contributed by atoms with Gasteiger partial charge in [-0.3, -0.25) is 9.48 Å². The van der Waals surface area contributed by atoms with Crippen LogP contribution in [0, 0.1) is 13.8 Å². The summed E-state index contributed by atoms with van der Waals surface area (Å²) >= 11 is 7.82. The normalized spacial score (nSPS) is 15.2. The van der Waals surface area contributed by atoms with Gasteiger partial charge in [-0.25, -0.2) is 15.0 Å². The molecule has 28 heavy (non-hydrogen) atoms. The highest BCUT2D eigenvalue weighted by Gasteiger charge is 2.29. The summed E-state index contributed by atoms with van der Waals surface area (Å²) in [5, 5.41) is 5.58. The second-order valence-electron chi connectivity index (χ2n) is 6.99. The fourth-order valence-corrected chi connectivity index (χ4v) is 5.00. The molecule has 7 nitrogen and oxygen atoms in total. The van der Waals surface area contributed by atoms with E-state index in [0.29, 0.717) is 29.7 Å². The molecule has 3 aromatic heterocycles. The van der Waals surface area contributed by atoms with E-state index in [1.165, 1.54) is 10.9 Å². The zero-order chi connectivity index (χ0) is 19.8. The van der Waals surface area contributed by atoms with Gasteiger partial charge in [0.15, 0.2) is 0 Å². The molecule has 4 heterocycles. The van der Waals surface area contributed by atoms with Gasteiger partial charge in [0.1, 0.15) is 11.5 Å². The highest BCUT2D eigenvalue weighted by Crippen LogP contribution is 2.36. The Kier molecular flexibility index (Phi) is 5.16. The molecule has 0 spiro atoms. The molecule has 3 aromatic rings. The van der Waals surface area contributed by atoms with E-state index in [1.807, 2.05) is 24.8 Å². The number of hydrogen-bond donors (Lipinski definition) is 0. The van der Waals surface area contributed by atoms with Crippen molar-refractivity contribution in [2.75, 3.05) is 13.1 Å². The maximum absolute atomic E-state index is 12.8. The van der Waals surface area contributed by atoms with Crippen LogP contribution in [0.15, 0.2) is 18.5 Å². The first-order chi connectivity index (χ1) is 13.4. The molecule has 1 fully saturated rings. The van der Waals surface area contributed by atoms with E-state index < -0.39 is 0 Å². The largest absolute Gasteiger partial charge is 0.337 e. The SMILES string of the molecule is Cc1nccc(-c2sc(C3CCN(C(=O)c4c(Cl)cnn4C)CC3)nc2C)n1. The maximum Gasteiger partial charge on any atom is 0.273 e. The Balaban J connectivity index is 1.47. The first-order valence-corrected chi connectivity index (χ1v) is 10.4. The van der Waals surface area contributed by atoms with Gasteiger partial charge in [-0.2, -0.15) is 5.10 Å². The minimum Gasteiger partial charge on any atom is -0.337 e. The zero-order valence-corrected chi connectivity index (χ0v) is 17.6. The molecular weight excluding hydrogens is 396 g/mol. The third-order valence-corrected chi connectivity index (χ3v) is 6.67. The molecule has 0 N–H and O–H groups in total. The number of amides is 1. The number of piperidine rings is 1. The Labute approximate surface area is 172 Å². The highest BCUT2D eigenvalue weighted by molar-refractivity contribution is 7.15. The molecule has 0 aliphatic carbocycles. The van der Waals surface area contributed by atoms with Crippen molar-refractivity contribution in [3.05, 3.63) is 45.7 Å². The van der Waals surface area contributed by atoms with Gasteiger partial charge in [0.25, 0.3) is 5.91 Å². The van der Waals surface area contributed by atoms with Gasteiger partial charge in [0.05, 0.1) is 32.5 Å². The standard InChI is InChI=1S/C19H21ClN6OS/c1-11-17(15-4-7-21-12(2)24-15)28-18(23-11)13-5-8-26(9-6-13)19(27)16-14(20)10-22-25(16)3/h4,7,10,13H,5-6,8-9H2,1-3H3. The molecule has 1 aliphatic heterocycles. The van der Waals surface area contributed by atoms with Gasteiger partial charge < -0.3 is 4.90 Å². The fraction of sp³-hybridized carbons (Fsp3) is 0.421. The first-order valence-electron chi connectivity index (χ1n) is 9.18. The summed E-state index contributed by atoms with van der Waals surface area (Å²) in [6, 6.07) is 1.93. The second-order valence-corrected chi connectivity index (χ2v) is 8.42. The Hall–Kier alpha value is -2.32. The quantitative estimate of drug-likeness (QED) is 0.651. The number of carbonyl (C=O) groups is 1. The van der Waals surface area contributed by atoms with Gasteiger partial charge in [0, 0.05) is 32.3 Å². The van der Waals surface area contributed by atoms with E-state index >= 15 is 0 Å². The lowest BCUT2D eigenvalue weighted by molar-refractivity contribution is 0.0702. The van der Waals surface area contributed by atoms with Crippen molar-refractivity contribution in [2.24, 2.45) is 7.05 Å². The van der Waals surface area contributed by atoms with Crippen LogP contribution in [-0.2, 0) is 7.05 Å². The molecule has 0 atom stereocenters. The number of thiazole rings is 1. The van der Waals surface area contributed by atoms with Crippen molar-refractivity contribution in [1.29, 1.82) is 0 Å². The monoisotopic (exact) mass is 416 g/mol. The molecule has 146 valence electrons. The summed E-state index contributed by atoms with van der Waals surface area (Å²) in [7, 11) is 1.74. The van der Waals surface area contributed by atoms with Crippen molar-refractivity contribution in [3.63, 3.8) is 0 Å². The van der Waals surface area contributed by atoms with Crippen LogP contribution in [0.3, 0.4) is 0 Å². The van der Waals surface area contributed by atoms with Crippen LogP contribution in [0.4, 0.5) is 0 Å². The molecule has 0 saturated carbocycles. The minimum atomic E-state index is -0.0593. The molecule has 1 amide bonds. The van der Waals surface area contributed by atoms with Crippen molar-refractivity contribution >= 4 is 28.8 Å². The average Bonchev–Trinajstić information content (AvgIpc) is 3.23. The topological polar surface area (TPSA) is 76.8 Å². The number of likely N-dealkylation sites (tertiary alicyclic amines) is 1. The third-order valence-electron chi connectivity index (χ3n) is 5.05. The predicted octanol–water partition coefficient (Wildman–Crippen LogP) is 3.62. The van der Waals surface area contributed by atoms with E-state index in [-0.39, 0.29) is 5.91 Å². The van der Waals surface area contributed by atoms with Crippen LogP contribution < -0.4 is 0 Å². The lowest BCUT2D eigenvalue weighted by Crippen LogP contribution is -2.38. The van der Waals surface area contributed by atoms with Crippen LogP contribution in [0.5, 0.6) is 0 Å². The fourth-order valence-electron chi connectivity index (χ4n) is 3.54. The van der Waals surface area contributed by atoms with Crippen LogP contribution in [-0.4, -0.2) is 48.6 Å². The number of rotatable bonds is 3. The van der Waals surface area contributed by atoms with Crippen LogP contribution in [0.2, 0.25) is 5.02 Å². The Morgan fingerprint density at radius 3 is 2.64 bits per heavy atom. The molecule has 0 bridgehead atoms. The molecular formula is C19H21ClN6OS. The van der Waals surface area contributed by atoms with Gasteiger partial charge in [-0.1, -0.05) is 11.6 Å². The number of halogens is 1. The van der Waals surface area contributed by atoms with Gasteiger partial charge >= 0.3 is 0 Å². The smallest absolute Gasteiger partial charge is 0.273 e. The van der Waals surface area contributed by atoms with Crippen LogP contribution in [0.25, 0.3) is 10.6 Å².